The number of halogens is 3. The lowest BCUT2D eigenvalue weighted by Crippen LogP contribution is -2.66. The summed E-state index contributed by atoms with van der Waals surface area (Å²) in [5.74, 6) is 0.0840. The fraction of sp³-hybridized carbons (Fsp3) is 0.600. The molecular formula is C15H20F3NO4. The summed E-state index contributed by atoms with van der Waals surface area (Å²) in [6.45, 7) is 7.13. The third-order valence-corrected chi connectivity index (χ3v) is 2.74. The Labute approximate surface area is 133 Å². The molecule has 0 aliphatic heterocycles. The summed E-state index contributed by atoms with van der Waals surface area (Å²) < 4.78 is 50.3. The normalized spacial score (nSPS) is 14.2. The van der Waals surface area contributed by atoms with Crippen molar-refractivity contribution in [2.75, 3.05) is 13.7 Å². The lowest BCUT2D eigenvalue weighted by molar-refractivity contribution is -0.233. The number of terminal acetylenes is 1. The second-order valence-corrected chi connectivity index (χ2v) is 5.61. The smallest absolute Gasteiger partial charge is 0.423 e. The van der Waals surface area contributed by atoms with Gasteiger partial charge in [0.1, 0.15) is 5.60 Å². The molecule has 1 amide bonds. The topological polar surface area (TPSA) is 55.8 Å². The quantitative estimate of drug-likeness (QED) is 0.440. The van der Waals surface area contributed by atoms with Crippen LogP contribution in [-0.4, -0.2) is 47.9 Å². The molecule has 5 nitrogen and oxygen atoms in total. The van der Waals surface area contributed by atoms with Gasteiger partial charge in [-0.3, -0.25) is 4.90 Å². The fourth-order valence-corrected chi connectivity index (χ4v) is 1.80. The van der Waals surface area contributed by atoms with Gasteiger partial charge in [-0.15, -0.1) is 18.9 Å². The Morgan fingerprint density at radius 2 is 1.83 bits per heavy atom. The Bertz CT molecular complexity index is 502. The largest absolute Gasteiger partial charge is 0.467 e. The molecule has 0 saturated heterocycles. The number of rotatable bonds is 5. The van der Waals surface area contributed by atoms with Gasteiger partial charge in [0.15, 0.2) is 0 Å². The molecule has 0 heterocycles. The lowest BCUT2D eigenvalue weighted by atomic mass is 9.92. The molecule has 0 aliphatic rings. The highest BCUT2D eigenvalue weighted by Crippen LogP contribution is 2.40. The predicted octanol–water partition coefficient (Wildman–Crippen LogP) is 2.91. The van der Waals surface area contributed by atoms with Crippen molar-refractivity contribution in [1.82, 2.24) is 4.90 Å². The summed E-state index contributed by atoms with van der Waals surface area (Å²) in [5, 5.41) is 0. The average Bonchev–Trinajstić information content (AvgIpc) is 2.38. The van der Waals surface area contributed by atoms with Crippen molar-refractivity contribution in [1.29, 1.82) is 0 Å². The van der Waals surface area contributed by atoms with E-state index in [1.165, 1.54) is 20.8 Å². The van der Waals surface area contributed by atoms with E-state index in [1.54, 1.807) is 5.92 Å². The van der Waals surface area contributed by atoms with Crippen LogP contribution in [-0.2, 0) is 14.3 Å². The van der Waals surface area contributed by atoms with Gasteiger partial charge in [-0.1, -0.05) is 6.08 Å². The Hall–Kier alpha value is -2.17. The second kappa shape index (κ2) is 7.40. The molecular weight excluding hydrogens is 315 g/mol. The Balaban J connectivity index is 6.24. The van der Waals surface area contributed by atoms with Gasteiger partial charge in [0, 0.05) is 6.54 Å². The molecule has 0 aliphatic carbocycles. The third-order valence-electron chi connectivity index (χ3n) is 2.74. The Kier molecular flexibility index (Phi) is 6.70. The van der Waals surface area contributed by atoms with Gasteiger partial charge in [-0.05, 0) is 20.8 Å². The summed E-state index contributed by atoms with van der Waals surface area (Å²) >= 11 is 0. The van der Waals surface area contributed by atoms with Gasteiger partial charge >= 0.3 is 18.2 Å². The average molecular weight is 335 g/mol. The van der Waals surface area contributed by atoms with E-state index in [2.05, 4.69) is 11.3 Å². The number of amides is 1. The molecule has 130 valence electrons. The van der Waals surface area contributed by atoms with Crippen LogP contribution in [0.3, 0.4) is 0 Å². The van der Waals surface area contributed by atoms with E-state index >= 15 is 0 Å². The van der Waals surface area contributed by atoms with Gasteiger partial charge < -0.3 is 9.47 Å². The molecule has 8 heteroatoms. The van der Waals surface area contributed by atoms with Crippen molar-refractivity contribution in [2.45, 2.75) is 44.5 Å². The zero-order chi connectivity index (χ0) is 18.5. The van der Waals surface area contributed by atoms with Crippen LogP contribution in [0.2, 0.25) is 0 Å². The number of hydrogen-bond donors (Lipinski definition) is 0. The SMILES string of the molecule is C#CCC(C(=O)OC)(N(CC=C)C(=O)OC(C)(C)C)C(F)(F)F. The van der Waals surface area contributed by atoms with E-state index in [1.807, 2.05) is 0 Å². The van der Waals surface area contributed by atoms with Crippen LogP contribution in [0.5, 0.6) is 0 Å². The molecule has 0 aromatic rings. The fourth-order valence-electron chi connectivity index (χ4n) is 1.80. The molecule has 0 N–H and O–H groups in total. The zero-order valence-electron chi connectivity index (χ0n) is 13.5. The summed E-state index contributed by atoms with van der Waals surface area (Å²) in [6, 6.07) is 0. The summed E-state index contributed by atoms with van der Waals surface area (Å²) in [7, 11) is 0.778. The number of esters is 1. The van der Waals surface area contributed by atoms with E-state index in [0.29, 0.717) is 0 Å². The minimum absolute atomic E-state index is 0.191. The molecule has 1 unspecified atom stereocenters. The first-order valence-electron chi connectivity index (χ1n) is 6.57. The number of alkyl halides is 3. The van der Waals surface area contributed by atoms with Gasteiger partial charge in [0.05, 0.1) is 13.5 Å². The van der Waals surface area contributed by atoms with Crippen molar-refractivity contribution in [3.8, 4) is 12.3 Å². The molecule has 0 radical (unpaired) electrons. The first-order valence-corrected chi connectivity index (χ1v) is 6.57. The van der Waals surface area contributed by atoms with Crippen molar-refractivity contribution in [2.24, 2.45) is 0 Å². The van der Waals surface area contributed by atoms with Crippen molar-refractivity contribution in [3.63, 3.8) is 0 Å². The molecule has 0 aromatic carbocycles. The van der Waals surface area contributed by atoms with Crippen LogP contribution in [0.4, 0.5) is 18.0 Å². The molecule has 1 atom stereocenters. The first kappa shape index (κ1) is 20.8. The molecule has 0 rings (SSSR count). The minimum Gasteiger partial charge on any atom is -0.467 e. The van der Waals surface area contributed by atoms with Gasteiger partial charge in [-0.2, -0.15) is 13.2 Å². The van der Waals surface area contributed by atoms with Crippen LogP contribution >= 0.6 is 0 Å². The van der Waals surface area contributed by atoms with Crippen LogP contribution in [0.25, 0.3) is 0 Å². The van der Waals surface area contributed by atoms with Crippen molar-refractivity contribution >= 4 is 12.1 Å². The standard InChI is InChI=1S/C15H20F3NO4/c1-7-9-14(11(20)22-6,15(16,17)18)19(10-8-2)12(21)23-13(3,4)5/h1,8H,2,9-10H2,3-6H3. The number of carbonyl (C=O) groups is 2. The maximum atomic E-state index is 13.7. The highest BCUT2D eigenvalue weighted by molar-refractivity contribution is 5.87. The van der Waals surface area contributed by atoms with Gasteiger partial charge in [-0.25, -0.2) is 9.59 Å². The van der Waals surface area contributed by atoms with Crippen LogP contribution in [0, 0.1) is 12.3 Å². The van der Waals surface area contributed by atoms with E-state index in [4.69, 9.17) is 11.2 Å². The number of carbonyl (C=O) groups excluding carboxylic acids is 2. The van der Waals surface area contributed by atoms with Crippen LogP contribution < -0.4 is 0 Å². The first-order chi connectivity index (χ1) is 10.4. The van der Waals surface area contributed by atoms with Gasteiger partial charge in [0.2, 0.25) is 5.54 Å². The number of hydrogen-bond acceptors (Lipinski definition) is 4. The predicted molar refractivity (Wildman–Crippen MR) is 77.4 cm³/mol. The van der Waals surface area contributed by atoms with Crippen molar-refractivity contribution < 1.29 is 32.2 Å². The van der Waals surface area contributed by atoms with E-state index < -0.39 is 42.3 Å². The monoisotopic (exact) mass is 335 g/mol. The minimum atomic E-state index is -5.17. The highest BCUT2D eigenvalue weighted by Gasteiger charge is 2.66. The number of methoxy groups -OCH3 is 1. The zero-order valence-corrected chi connectivity index (χ0v) is 13.5. The second-order valence-electron chi connectivity index (χ2n) is 5.61. The molecule has 0 bridgehead atoms. The molecule has 0 spiro atoms. The Morgan fingerprint density at radius 3 is 2.13 bits per heavy atom. The molecule has 0 aromatic heterocycles. The Morgan fingerprint density at radius 1 is 1.30 bits per heavy atom. The van der Waals surface area contributed by atoms with Crippen LogP contribution in [0.15, 0.2) is 12.7 Å². The summed E-state index contributed by atoms with van der Waals surface area (Å²) in [4.78, 5) is 24.3. The van der Waals surface area contributed by atoms with E-state index in [-0.39, 0.29) is 4.90 Å². The summed E-state index contributed by atoms with van der Waals surface area (Å²) in [5.41, 5.74) is -4.42. The number of ether oxygens (including phenoxy) is 2. The summed E-state index contributed by atoms with van der Waals surface area (Å²) in [6.07, 6.45) is -1.61. The van der Waals surface area contributed by atoms with Crippen LogP contribution in [0.1, 0.15) is 27.2 Å². The lowest BCUT2D eigenvalue weighted by Gasteiger charge is -2.41. The van der Waals surface area contributed by atoms with Gasteiger partial charge in [0.25, 0.3) is 0 Å². The van der Waals surface area contributed by atoms with E-state index in [9.17, 15) is 22.8 Å². The van der Waals surface area contributed by atoms with Crippen molar-refractivity contribution in [3.05, 3.63) is 12.7 Å². The maximum Gasteiger partial charge on any atom is 0.423 e. The molecule has 0 fully saturated rings. The van der Waals surface area contributed by atoms with E-state index in [0.717, 1.165) is 13.2 Å². The molecule has 0 saturated carbocycles. The highest BCUT2D eigenvalue weighted by atomic mass is 19.4. The maximum absolute atomic E-state index is 13.7. The molecule has 23 heavy (non-hydrogen) atoms. The number of nitrogens with zero attached hydrogens (tertiary/aromatic N) is 1. The third kappa shape index (κ3) is 4.65.